The normalized spacial score (nSPS) is 19.1. The molecule has 0 amide bonds. The van der Waals surface area contributed by atoms with Crippen LogP contribution in [0.4, 0.5) is 0 Å². The van der Waals surface area contributed by atoms with Crippen LogP contribution < -0.4 is 0 Å². The van der Waals surface area contributed by atoms with Gasteiger partial charge in [-0.2, -0.15) is 0 Å². The summed E-state index contributed by atoms with van der Waals surface area (Å²) in [7, 11) is 0. The van der Waals surface area contributed by atoms with Crippen molar-refractivity contribution in [3.05, 3.63) is 18.2 Å². The van der Waals surface area contributed by atoms with Gasteiger partial charge < -0.3 is 14.4 Å². The molecule has 0 saturated carbocycles. The first-order chi connectivity index (χ1) is 8.18. The highest BCUT2D eigenvalue weighted by atomic mass is 16.5. The summed E-state index contributed by atoms with van der Waals surface area (Å²) in [6.07, 6.45) is 3.36. The topological polar surface area (TPSA) is 67.6 Å². The zero-order valence-electron chi connectivity index (χ0n) is 9.87. The number of nitrogens with zero attached hydrogens (tertiary/aromatic N) is 3. The van der Waals surface area contributed by atoms with Gasteiger partial charge >= 0.3 is 5.97 Å². The Bertz CT molecular complexity index is 385. The van der Waals surface area contributed by atoms with Crippen molar-refractivity contribution >= 4 is 5.97 Å². The maximum atomic E-state index is 11.0. The van der Waals surface area contributed by atoms with Gasteiger partial charge in [0.15, 0.2) is 0 Å². The molecule has 1 saturated heterocycles. The molecule has 1 aromatic heterocycles. The minimum atomic E-state index is -0.841. The Balaban J connectivity index is 2.05. The fourth-order valence-electron chi connectivity index (χ4n) is 1.90. The molecule has 1 atom stereocenters. The molecular formula is C11H17N3O3. The molecular weight excluding hydrogens is 222 g/mol. The minimum Gasteiger partial charge on any atom is -0.480 e. The number of carbonyl (C=O) groups is 1. The third-order valence-electron chi connectivity index (χ3n) is 2.99. The molecule has 0 aromatic carbocycles. The standard InChI is InChI=1S/C11H17N3O3/c1-9(11(15)16)14-3-2-12-10(14)8-13-4-6-17-7-5-13/h2-3,9H,4-8H2,1H3,(H,15,16). The van der Waals surface area contributed by atoms with E-state index in [0.717, 1.165) is 32.1 Å². The second-order valence-corrected chi connectivity index (χ2v) is 4.15. The van der Waals surface area contributed by atoms with E-state index in [0.29, 0.717) is 6.54 Å². The lowest BCUT2D eigenvalue weighted by molar-refractivity contribution is -0.140. The van der Waals surface area contributed by atoms with Crippen LogP contribution in [-0.2, 0) is 16.1 Å². The molecule has 0 aliphatic carbocycles. The number of hydrogen-bond donors (Lipinski definition) is 1. The van der Waals surface area contributed by atoms with Crippen LogP contribution in [-0.4, -0.2) is 51.8 Å². The first kappa shape index (κ1) is 12.1. The van der Waals surface area contributed by atoms with E-state index in [-0.39, 0.29) is 0 Å². The van der Waals surface area contributed by atoms with Gasteiger partial charge in [-0.1, -0.05) is 0 Å². The lowest BCUT2D eigenvalue weighted by atomic mass is 10.3. The average Bonchev–Trinajstić information content (AvgIpc) is 2.77. The summed E-state index contributed by atoms with van der Waals surface area (Å²) in [5, 5.41) is 9.00. The van der Waals surface area contributed by atoms with E-state index in [1.807, 2.05) is 0 Å². The van der Waals surface area contributed by atoms with Gasteiger partial charge in [0.05, 0.1) is 19.8 Å². The zero-order chi connectivity index (χ0) is 12.3. The average molecular weight is 239 g/mol. The van der Waals surface area contributed by atoms with Crippen molar-refractivity contribution in [2.45, 2.75) is 19.5 Å². The van der Waals surface area contributed by atoms with Gasteiger partial charge in [-0.3, -0.25) is 4.90 Å². The molecule has 1 aromatic rings. The smallest absolute Gasteiger partial charge is 0.326 e. The molecule has 0 radical (unpaired) electrons. The third-order valence-corrected chi connectivity index (χ3v) is 2.99. The maximum absolute atomic E-state index is 11.0. The molecule has 1 unspecified atom stereocenters. The number of morpholine rings is 1. The third kappa shape index (κ3) is 2.83. The van der Waals surface area contributed by atoms with E-state index in [4.69, 9.17) is 9.84 Å². The monoisotopic (exact) mass is 239 g/mol. The molecule has 0 bridgehead atoms. The van der Waals surface area contributed by atoms with E-state index in [1.165, 1.54) is 0 Å². The number of rotatable bonds is 4. The number of carboxylic acid groups (broad SMARTS) is 1. The molecule has 17 heavy (non-hydrogen) atoms. The molecule has 2 heterocycles. The van der Waals surface area contributed by atoms with Crippen LogP contribution in [0.3, 0.4) is 0 Å². The SMILES string of the molecule is CC(C(=O)O)n1ccnc1CN1CCOCC1. The van der Waals surface area contributed by atoms with E-state index >= 15 is 0 Å². The predicted octanol–water partition coefficient (Wildman–Crippen LogP) is 0.361. The van der Waals surface area contributed by atoms with Gasteiger partial charge in [0.1, 0.15) is 11.9 Å². The van der Waals surface area contributed by atoms with Crippen LogP contribution in [0, 0.1) is 0 Å². The van der Waals surface area contributed by atoms with Crippen LogP contribution in [0.5, 0.6) is 0 Å². The Morgan fingerprint density at radius 1 is 1.59 bits per heavy atom. The predicted molar refractivity (Wildman–Crippen MR) is 60.7 cm³/mol. The lowest BCUT2D eigenvalue weighted by Crippen LogP contribution is -2.36. The molecule has 1 aliphatic heterocycles. The highest BCUT2D eigenvalue weighted by Gasteiger charge is 2.19. The van der Waals surface area contributed by atoms with Crippen molar-refractivity contribution in [3.63, 3.8) is 0 Å². The van der Waals surface area contributed by atoms with Crippen LogP contribution in [0.2, 0.25) is 0 Å². The second kappa shape index (κ2) is 5.29. The van der Waals surface area contributed by atoms with Crippen LogP contribution in [0.1, 0.15) is 18.8 Å². The van der Waals surface area contributed by atoms with Gasteiger partial charge in [-0.05, 0) is 6.92 Å². The number of ether oxygens (including phenoxy) is 1. The van der Waals surface area contributed by atoms with Crippen molar-refractivity contribution < 1.29 is 14.6 Å². The summed E-state index contributed by atoms with van der Waals surface area (Å²) in [5.41, 5.74) is 0. The minimum absolute atomic E-state index is 0.575. The largest absolute Gasteiger partial charge is 0.480 e. The van der Waals surface area contributed by atoms with Crippen LogP contribution in [0.15, 0.2) is 12.4 Å². The zero-order valence-corrected chi connectivity index (χ0v) is 9.87. The molecule has 0 spiro atoms. The molecule has 1 N–H and O–H groups in total. The molecule has 6 heteroatoms. The molecule has 6 nitrogen and oxygen atoms in total. The Labute approximate surface area is 99.8 Å². The molecule has 1 aliphatic rings. The lowest BCUT2D eigenvalue weighted by Gasteiger charge is -2.26. The number of aliphatic carboxylic acids is 1. The number of carboxylic acids is 1. The summed E-state index contributed by atoms with van der Waals surface area (Å²) in [4.78, 5) is 17.4. The maximum Gasteiger partial charge on any atom is 0.326 e. The Morgan fingerprint density at radius 2 is 2.29 bits per heavy atom. The Hall–Kier alpha value is -1.40. The second-order valence-electron chi connectivity index (χ2n) is 4.15. The summed E-state index contributed by atoms with van der Waals surface area (Å²) >= 11 is 0. The van der Waals surface area contributed by atoms with Crippen molar-refractivity contribution in [3.8, 4) is 0 Å². The van der Waals surface area contributed by atoms with Crippen molar-refractivity contribution in [1.82, 2.24) is 14.5 Å². The Kier molecular flexibility index (Phi) is 3.75. The van der Waals surface area contributed by atoms with Gasteiger partial charge in [-0.25, -0.2) is 9.78 Å². The number of imidazole rings is 1. The van der Waals surface area contributed by atoms with E-state index in [9.17, 15) is 4.79 Å². The van der Waals surface area contributed by atoms with E-state index in [2.05, 4.69) is 9.88 Å². The van der Waals surface area contributed by atoms with Crippen molar-refractivity contribution in [2.75, 3.05) is 26.3 Å². The van der Waals surface area contributed by atoms with Gasteiger partial charge in [0.2, 0.25) is 0 Å². The fraction of sp³-hybridized carbons (Fsp3) is 0.636. The first-order valence-corrected chi connectivity index (χ1v) is 5.73. The molecule has 2 rings (SSSR count). The quantitative estimate of drug-likeness (QED) is 0.821. The highest BCUT2D eigenvalue weighted by molar-refractivity contribution is 5.71. The summed E-state index contributed by atoms with van der Waals surface area (Å²) in [6, 6.07) is -0.575. The Morgan fingerprint density at radius 3 is 2.94 bits per heavy atom. The van der Waals surface area contributed by atoms with Gasteiger partial charge in [0.25, 0.3) is 0 Å². The van der Waals surface area contributed by atoms with E-state index in [1.54, 1.807) is 23.9 Å². The fourth-order valence-corrected chi connectivity index (χ4v) is 1.90. The van der Waals surface area contributed by atoms with Gasteiger partial charge in [-0.15, -0.1) is 0 Å². The summed E-state index contributed by atoms with van der Waals surface area (Å²) in [6.45, 7) is 5.54. The molecule has 94 valence electrons. The summed E-state index contributed by atoms with van der Waals surface area (Å²) < 4.78 is 6.98. The van der Waals surface area contributed by atoms with Crippen LogP contribution >= 0.6 is 0 Å². The number of hydrogen-bond acceptors (Lipinski definition) is 4. The van der Waals surface area contributed by atoms with Crippen molar-refractivity contribution in [1.29, 1.82) is 0 Å². The first-order valence-electron chi connectivity index (χ1n) is 5.73. The van der Waals surface area contributed by atoms with Crippen molar-refractivity contribution in [2.24, 2.45) is 0 Å². The van der Waals surface area contributed by atoms with E-state index < -0.39 is 12.0 Å². The summed E-state index contributed by atoms with van der Waals surface area (Å²) in [5.74, 6) is -0.0481. The van der Waals surface area contributed by atoms with Gasteiger partial charge in [0, 0.05) is 25.5 Å². The molecule has 1 fully saturated rings. The highest BCUT2D eigenvalue weighted by Crippen LogP contribution is 2.12. The number of aromatic nitrogens is 2. The van der Waals surface area contributed by atoms with Crippen LogP contribution in [0.25, 0.3) is 0 Å².